The molecule has 3 aromatic rings. The van der Waals surface area contributed by atoms with Crippen molar-refractivity contribution in [1.82, 2.24) is 9.47 Å². The number of hydrogen-bond donors (Lipinski definition) is 0. The number of aryl methyl sites for hydroxylation is 2. The Morgan fingerprint density at radius 1 is 1.12 bits per heavy atom. The van der Waals surface area contributed by atoms with Gasteiger partial charge in [-0.3, -0.25) is 4.79 Å². The third-order valence-corrected chi connectivity index (χ3v) is 5.05. The number of ether oxygens (including phenoxy) is 1. The van der Waals surface area contributed by atoms with Crippen molar-refractivity contribution in [2.45, 2.75) is 19.9 Å². The van der Waals surface area contributed by atoms with Gasteiger partial charge in [0.2, 0.25) is 0 Å². The fourth-order valence-electron chi connectivity index (χ4n) is 3.60. The summed E-state index contributed by atoms with van der Waals surface area (Å²) < 4.78 is 7.87. The molecule has 1 amide bonds. The van der Waals surface area contributed by atoms with Gasteiger partial charge in [-0.2, -0.15) is 0 Å². The van der Waals surface area contributed by atoms with Crippen LogP contribution < -0.4 is 4.74 Å². The highest BCUT2D eigenvalue weighted by atomic mass is 16.5. The summed E-state index contributed by atoms with van der Waals surface area (Å²) in [6.07, 6.45) is 0.896. The van der Waals surface area contributed by atoms with E-state index in [1.165, 1.54) is 27.7 Å². The molecule has 0 saturated carbocycles. The predicted molar refractivity (Wildman–Crippen MR) is 98.7 cm³/mol. The van der Waals surface area contributed by atoms with Crippen molar-refractivity contribution < 1.29 is 9.53 Å². The summed E-state index contributed by atoms with van der Waals surface area (Å²) in [6.45, 7) is 3.51. The van der Waals surface area contributed by atoms with Gasteiger partial charge in [0.05, 0.1) is 6.54 Å². The first-order valence-corrected chi connectivity index (χ1v) is 8.66. The number of carbonyl (C=O) groups excluding carboxylic acids is 1. The lowest BCUT2D eigenvalue weighted by molar-refractivity contribution is -0.134. The van der Waals surface area contributed by atoms with Crippen molar-refractivity contribution in [3.05, 3.63) is 65.4 Å². The molecule has 1 aromatic heterocycles. The Morgan fingerprint density at radius 3 is 2.68 bits per heavy atom. The van der Waals surface area contributed by atoms with Gasteiger partial charge in [0.25, 0.3) is 5.91 Å². The lowest BCUT2D eigenvalue weighted by Gasteiger charge is -2.28. The lowest BCUT2D eigenvalue weighted by atomic mass is 10.0. The van der Waals surface area contributed by atoms with Crippen LogP contribution in [-0.4, -0.2) is 28.5 Å². The first-order chi connectivity index (χ1) is 12.1. The number of benzene rings is 2. The van der Waals surface area contributed by atoms with E-state index < -0.39 is 0 Å². The summed E-state index contributed by atoms with van der Waals surface area (Å²) in [6, 6.07) is 16.2. The van der Waals surface area contributed by atoms with E-state index in [0.29, 0.717) is 6.54 Å². The minimum absolute atomic E-state index is 0.0384. The molecule has 0 radical (unpaired) electrons. The van der Waals surface area contributed by atoms with Crippen molar-refractivity contribution in [2.24, 2.45) is 7.05 Å². The van der Waals surface area contributed by atoms with E-state index in [0.717, 1.165) is 18.7 Å². The van der Waals surface area contributed by atoms with Crippen molar-refractivity contribution in [3.63, 3.8) is 0 Å². The molecule has 1 aliphatic rings. The Labute approximate surface area is 147 Å². The molecule has 0 spiro atoms. The Hall–Kier alpha value is -2.75. The van der Waals surface area contributed by atoms with Crippen molar-refractivity contribution >= 4 is 16.8 Å². The smallest absolute Gasteiger partial charge is 0.260 e. The Kier molecular flexibility index (Phi) is 3.96. The second-order valence-electron chi connectivity index (χ2n) is 6.67. The minimum Gasteiger partial charge on any atom is -0.484 e. The molecule has 2 aromatic carbocycles. The van der Waals surface area contributed by atoms with Crippen molar-refractivity contribution in [1.29, 1.82) is 0 Å². The summed E-state index contributed by atoms with van der Waals surface area (Å²) >= 11 is 0. The van der Waals surface area contributed by atoms with Gasteiger partial charge in [-0.25, -0.2) is 0 Å². The Balaban J connectivity index is 1.48. The number of aromatic nitrogens is 1. The maximum absolute atomic E-state index is 12.6. The third-order valence-electron chi connectivity index (χ3n) is 5.05. The van der Waals surface area contributed by atoms with Crippen LogP contribution in [-0.2, 0) is 24.8 Å². The van der Waals surface area contributed by atoms with Crippen molar-refractivity contribution in [2.75, 3.05) is 13.2 Å². The lowest BCUT2D eigenvalue weighted by Crippen LogP contribution is -2.39. The number of hydrogen-bond acceptors (Lipinski definition) is 2. The van der Waals surface area contributed by atoms with E-state index >= 15 is 0 Å². The summed E-state index contributed by atoms with van der Waals surface area (Å²) in [5.41, 5.74) is 5.02. The molecule has 0 bridgehead atoms. The van der Waals surface area contributed by atoms with Gasteiger partial charge < -0.3 is 14.2 Å². The standard InChI is InChI=1S/C21H22N2O2/c1-15-7-9-16(10-8-15)25-14-21(24)23-12-11-18-17-5-3-4-6-19(17)22(2)20(18)13-23/h3-10H,11-14H2,1-2H3. The number of fused-ring (bicyclic) bond motifs is 3. The molecule has 0 atom stereocenters. The van der Waals surface area contributed by atoms with Crippen LogP contribution in [0.5, 0.6) is 5.75 Å². The van der Waals surface area contributed by atoms with Gasteiger partial charge >= 0.3 is 0 Å². The molecule has 4 nitrogen and oxygen atoms in total. The topological polar surface area (TPSA) is 34.5 Å². The summed E-state index contributed by atoms with van der Waals surface area (Å²) in [7, 11) is 2.08. The molecular weight excluding hydrogens is 312 g/mol. The van der Waals surface area contributed by atoms with Crippen LogP contribution in [0.2, 0.25) is 0 Å². The fourth-order valence-corrected chi connectivity index (χ4v) is 3.60. The van der Waals surface area contributed by atoms with Crippen LogP contribution >= 0.6 is 0 Å². The molecule has 128 valence electrons. The van der Waals surface area contributed by atoms with Gasteiger partial charge in [0.1, 0.15) is 5.75 Å². The van der Waals surface area contributed by atoms with E-state index in [1.807, 2.05) is 36.1 Å². The highest BCUT2D eigenvalue weighted by Gasteiger charge is 2.25. The van der Waals surface area contributed by atoms with Gasteiger partial charge in [0, 0.05) is 30.2 Å². The second kappa shape index (κ2) is 6.28. The van der Waals surface area contributed by atoms with Crippen LogP contribution in [0.3, 0.4) is 0 Å². The number of para-hydroxylation sites is 1. The quantitative estimate of drug-likeness (QED) is 0.735. The zero-order valence-corrected chi connectivity index (χ0v) is 14.7. The molecule has 0 fully saturated rings. The predicted octanol–water partition coefficient (Wildman–Crippen LogP) is 3.45. The number of carbonyl (C=O) groups is 1. The largest absolute Gasteiger partial charge is 0.484 e. The highest BCUT2D eigenvalue weighted by Crippen LogP contribution is 2.29. The molecule has 25 heavy (non-hydrogen) atoms. The zero-order valence-electron chi connectivity index (χ0n) is 14.7. The fraction of sp³-hybridized carbons (Fsp3) is 0.286. The molecule has 0 saturated heterocycles. The molecule has 2 heterocycles. The molecule has 1 aliphatic heterocycles. The van der Waals surface area contributed by atoms with E-state index in [2.05, 4.69) is 35.9 Å². The number of nitrogens with zero attached hydrogens (tertiary/aromatic N) is 2. The van der Waals surface area contributed by atoms with Crippen molar-refractivity contribution in [3.8, 4) is 5.75 Å². The van der Waals surface area contributed by atoms with Crippen LogP contribution in [0.4, 0.5) is 0 Å². The third kappa shape index (κ3) is 2.88. The van der Waals surface area contributed by atoms with E-state index in [-0.39, 0.29) is 12.5 Å². The van der Waals surface area contributed by atoms with Gasteiger partial charge in [0.15, 0.2) is 6.61 Å². The number of rotatable bonds is 3. The molecule has 0 aliphatic carbocycles. The molecule has 0 unspecified atom stereocenters. The maximum atomic E-state index is 12.6. The van der Waals surface area contributed by atoms with E-state index in [1.54, 1.807) is 0 Å². The summed E-state index contributed by atoms with van der Waals surface area (Å²) in [5, 5.41) is 1.31. The normalized spacial score (nSPS) is 13.8. The first-order valence-electron chi connectivity index (χ1n) is 8.66. The molecule has 0 N–H and O–H groups in total. The van der Waals surface area contributed by atoms with Gasteiger partial charge in [-0.1, -0.05) is 35.9 Å². The van der Waals surface area contributed by atoms with Crippen LogP contribution in [0, 0.1) is 6.92 Å². The zero-order chi connectivity index (χ0) is 17.4. The van der Waals surface area contributed by atoms with E-state index in [9.17, 15) is 4.79 Å². The Bertz CT molecular complexity index is 925. The van der Waals surface area contributed by atoms with Crippen LogP contribution in [0.1, 0.15) is 16.8 Å². The monoisotopic (exact) mass is 334 g/mol. The molecular formula is C21H22N2O2. The molecule has 4 rings (SSSR count). The second-order valence-corrected chi connectivity index (χ2v) is 6.67. The van der Waals surface area contributed by atoms with Crippen LogP contribution in [0.15, 0.2) is 48.5 Å². The maximum Gasteiger partial charge on any atom is 0.260 e. The van der Waals surface area contributed by atoms with Gasteiger partial charge in [-0.05, 0) is 37.1 Å². The Morgan fingerprint density at radius 2 is 1.88 bits per heavy atom. The first kappa shape index (κ1) is 15.8. The highest BCUT2D eigenvalue weighted by molar-refractivity contribution is 5.86. The number of amides is 1. The molecule has 4 heteroatoms. The minimum atomic E-state index is 0.0384. The van der Waals surface area contributed by atoms with Gasteiger partial charge in [-0.15, -0.1) is 0 Å². The van der Waals surface area contributed by atoms with E-state index in [4.69, 9.17) is 4.74 Å². The summed E-state index contributed by atoms with van der Waals surface area (Å²) in [4.78, 5) is 14.5. The average molecular weight is 334 g/mol. The van der Waals surface area contributed by atoms with Crippen LogP contribution in [0.25, 0.3) is 10.9 Å². The average Bonchev–Trinajstić information content (AvgIpc) is 2.93. The summed E-state index contributed by atoms with van der Waals surface area (Å²) in [5.74, 6) is 0.776. The SMILES string of the molecule is Cc1ccc(OCC(=O)N2CCc3c(n(C)c4ccccc34)C2)cc1.